The molecule has 2 aromatic carbocycles. The molecule has 0 aliphatic rings. The predicted molar refractivity (Wildman–Crippen MR) is 112 cm³/mol. The molecule has 0 spiro atoms. The van der Waals surface area contributed by atoms with Gasteiger partial charge < -0.3 is 5.32 Å². The normalized spacial score (nSPS) is 11.2. The molecule has 0 radical (unpaired) electrons. The summed E-state index contributed by atoms with van der Waals surface area (Å²) >= 11 is 1.58. The lowest BCUT2D eigenvalue weighted by atomic mass is 10.1. The molecule has 0 aliphatic heterocycles. The number of sulfone groups is 1. The Labute approximate surface area is 169 Å². The van der Waals surface area contributed by atoms with Gasteiger partial charge in [-0.2, -0.15) is 0 Å². The van der Waals surface area contributed by atoms with Crippen molar-refractivity contribution < 1.29 is 13.2 Å². The summed E-state index contributed by atoms with van der Waals surface area (Å²) < 4.78 is 25.5. The monoisotopic (exact) mass is 412 g/mol. The molecule has 1 aromatic heterocycles. The predicted octanol–water partition coefficient (Wildman–Crippen LogP) is 4.51. The molecule has 0 aliphatic carbocycles. The number of carbonyl (C=O) groups excluding carboxylic acids is 1. The number of hydrogen-bond acceptors (Lipinski definition) is 5. The summed E-state index contributed by atoms with van der Waals surface area (Å²) in [5.74, 6) is -0.346. The molecule has 5 nitrogen and oxygen atoms in total. The molecule has 0 atom stereocenters. The summed E-state index contributed by atoms with van der Waals surface area (Å²) in [5, 5.41) is 2.71. The maximum absolute atomic E-state index is 12.8. The van der Waals surface area contributed by atoms with Crippen LogP contribution in [0.4, 0.5) is 5.69 Å². The van der Waals surface area contributed by atoms with Gasteiger partial charge in [0.25, 0.3) is 5.91 Å². The molecule has 0 saturated heterocycles. The van der Waals surface area contributed by atoms with E-state index >= 15 is 0 Å². The van der Waals surface area contributed by atoms with Crippen LogP contribution < -0.4 is 5.32 Å². The minimum atomic E-state index is -3.73. The van der Waals surface area contributed by atoms with Gasteiger partial charge in [-0.1, -0.05) is 12.1 Å². The first-order valence-electron chi connectivity index (χ1n) is 8.55. The average molecular weight is 413 g/mol. The number of rotatable bonds is 5. The summed E-state index contributed by atoms with van der Waals surface area (Å²) in [7, 11) is -3.73. The van der Waals surface area contributed by atoms with Gasteiger partial charge in [-0.05, 0) is 73.7 Å². The largest absolute Gasteiger partial charge is 0.322 e. The highest BCUT2D eigenvalue weighted by Gasteiger charge is 2.20. The van der Waals surface area contributed by atoms with E-state index in [1.54, 1.807) is 36.0 Å². The highest BCUT2D eigenvalue weighted by Crippen LogP contribution is 2.22. The number of carbonyl (C=O) groups is 1. The number of amides is 1. The van der Waals surface area contributed by atoms with Crippen molar-refractivity contribution >= 4 is 33.2 Å². The van der Waals surface area contributed by atoms with Gasteiger partial charge in [0, 0.05) is 16.8 Å². The van der Waals surface area contributed by atoms with Crippen molar-refractivity contribution in [2.45, 2.75) is 28.7 Å². The SMILES string of the molecule is CSc1cccc(NC(=O)c2ccc(S(=O)(=O)c3ccc(C)c(C)c3)nc2)c1. The number of thioether (sulfide) groups is 1. The summed E-state index contributed by atoms with van der Waals surface area (Å²) in [6.07, 6.45) is 3.24. The van der Waals surface area contributed by atoms with Gasteiger partial charge >= 0.3 is 0 Å². The van der Waals surface area contributed by atoms with E-state index in [0.717, 1.165) is 16.0 Å². The van der Waals surface area contributed by atoms with Gasteiger partial charge in [-0.25, -0.2) is 13.4 Å². The molecule has 7 heteroatoms. The molecule has 0 bridgehead atoms. The van der Waals surface area contributed by atoms with Gasteiger partial charge in [0.05, 0.1) is 10.5 Å². The first kappa shape index (κ1) is 20.1. The third-order valence-corrected chi connectivity index (χ3v) is 6.78. The van der Waals surface area contributed by atoms with E-state index in [0.29, 0.717) is 5.69 Å². The van der Waals surface area contributed by atoms with E-state index in [-0.39, 0.29) is 21.4 Å². The smallest absolute Gasteiger partial charge is 0.257 e. The second-order valence-corrected chi connectivity index (χ2v) is 9.10. The quantitative estimate of drug-likeness (QED) is 0.624. The lowest BCUT2D eigenvalue weighted by Gasteiger charge is -2.08. The van der Waals surface area contributed by atoms with Gasteiger partial charge in [0.2, 0.25) is 9.84 Å². The zero-order valence-corrected chi connectivity index (χ0v) is 17.4. The molecular weight excluding hydrogens is 392 g/mol. The number of nitrogens with one attached hydrogen (secondary N) is 1. The summed E-state index contributed by atoms with van der Waals surface area (Å²) in [4.78, 5) is 17.7. The van der Waals surface area contributed by atoms with Crippen molar-refractivity contribution in [2.24, 2.45) is 0 Å². The fraction of sp³-hybridized carbons (Fsp3) is 0.143. The highest BCUT2D eigenvalue weighted by atomic mass is 32.2. The molecule has 144 valence electrons. The number of pyridine rings is 1. The third-order valence-electron chi connectivity index (χ3n) is 4.39. The van der Waals surface area contributed by atoms with Crippen molar-refractivity contribution in [3.8, 4) is 0 Å². The molecule has 0 unspecified atom stereocenters. The van der Waals surface area contributed by atoms with Crippen LogP contribution in [0.1, 0.15) is 21.5 Å². The molecule has 28 heavy (non-hydrogen) atoms. The van der Waals surface area contributed by atoms with Crippen molar-refractivity contribution in [3.63, 3.8) is 0 Å². The highest BCUT2D eigenvalue weighted by molar-refractivity contribution is 7.98. The first-order chi connectivity index (χ1) is 13.3. The van der Waals surface area contributed by atoms with E-state index in [9.17, 15) is 13.2 Å². The summed E-state index contributed by atoms with van der Waals surface area (Å²) in [6, 6.07) is 15.3. The third kappa shape index (κ3) is 4.26. The van der Waals surface area contributed by atoms with Crippen LogP contribution in [-0.4, -0.2) is 25.6 Å². The summed E-state index contributed by atoms with van der Waals surface area (Å²) in [6.45, 7) is 3.79. The van der Waals surface area contributed by atoms with E-state index in [4.69, 9.17) is 0 Å². The summed E-state index contributed by atoms with van der Waals surface area (Å²) in [5.41, 5.74) is 2.87. The first-order valence-corrected chi connectivity index (χ1v) is 11.3. The Hall–Kier alpha value is -2.64. The number of aryl methyl sites for hydroxylation is 2. The minimum Gasteiger partial charge on any atom is -0.322 e. The van der Waals surface area contributed by atoms with Crippen LogP contribution in [0.2, 0.25) is 0 Å². The van der Waals surface area contributed by atoms with Crippen molar-refractivity contribution in [2.75, 3.05) is 11.6 Å². The maximum atomic E-state index is 12.8. The number of anilines is 1. The number of benzene rings is 2. The maximum Gasteiger partial charge on any atom is 0.257 e. The van der Waals surface area contributed by atoms with Crippen LogP contribution in [0.15, 0.2) is 75.6 Å². The zero-order chi connectivity index (χ0) is 20.3. The van der Waals surface area contributed by atoms with Crippen molar-refractivity contribution in [3.05, 3.63) is 77.5 Å². The van der Waals surface area contributed by atoms with E-state index in [2.05, 4.69) is 10.3 Å². The number of hydrogen-bond donors (Lipinski definition) is 1. The fourth-order valence-corrected chi connectivity index (χ4v) is 4.30. The second kappa shape index (κ2) is 8.16. The van der Waals surface area contributed by atoms with Gasteiger partial charge in [0.1, 0.15) is 0 Å². The number of nitrogens with zero attached hydrogens (tertiary/aromatic N) is 1. The van der Waals surface area contributed by atoms with Crippen LogP contribution >= 0.6 is 11.8 Å². The van der Waals surface area contributed by atoms with Crippen LogP contribution in [0.5, 0.6) is 0 Å². The van der Waals surface area contributed by atoms with E-state index < -0.39 is 9.84 Å². The fourth-order valence-electron chi connectivity index (χ4n) is 2.58. The second-order valence-electron chi connectivity index (χ2n) is 6.32. The zero-order valence-electron chi connectivity index (χ0n) is 15.8. The molecule has 1 heterocycles. The van der Waals surface area contributed by atoms with E-state index in [1.807, 2.05) is 38.3 Å². The average Bonchev–Trinajstić information content (AvgIpc) is 2.70. The van der Waals surface area contributed by atoms with Crippen LogP contribution in [0.25, 0.3) is 0 Å². The number of aromatic nitrogens is 1. The Morgan fingerprint density at radius 1 is 1.00 bits per heavy atom. The van der Waals surface area contributed by atoms with Gasteiger partial charge in [-0.3, -0.25) is 4.79 Å². The Balaban J connectivity index is 1.82. The van der Waals surface area contributed by atoms with Crippen molar-refractivity contribution in [1.82, 2.24) is 4.98 Å². The Morgan fingerprint density at radius 2 is 1.79 bits per heavy atom. The standard InChI is InChI=1S/C21H20N2O3S2/c1-14-7-9-19(11-15(14)2)28(25,26)20-10-8-16(13-22-20)21(24)23-17-5-4-6-18(12-17)27-3/h4-13H,1-3H3,(H,23,24). The van der Waals surface area contributed by atoms with Crippen LogP contribution in [-0.2, 0) is 9.84 Å². The molecule has 0 fully saturated rings. The molecule has 3 rings (SSSR count). The Bertz CT molecular complexity index is 1120. The Morgan fingerprint density at radius 3 is 2.43 bits per heavy atom. The van der Waals surface area contributed by atoms with Gasteiger partial charge in [0.15, 0.2) is 5.03 Å². The van der Waals surface area contributed by atoms with Crippen molar-refractivity contribution in [1.29, 1.82) is 0 Å². The molecular formula is C21H20N2O3S2. The van der Waals surface area contributed by atoms with E-state index in [1.165, 1.54) is 18.3 Å². The Kier molecular flexibility index (Phi) is 5.86. The van der Waals surface area contributed by atoms with Crippen LogP contribution in [0.3, 0.4) is 0 Å². The van der Waals surface area contributed by atoms with Crippen LogP contribution in [0, 0.1) is 13.8 Å². The topological polar surface area (TPSA) is 76.1 Å². The molecule has 1 N–H and O–H groups in total. The lowest BCUT2D eigenvalue weighted by Crippen LogP contribution is -2.13. The molecule has 1 amide bonds. The van der Waals surface area contributed by atoms with Gasteiger partial charge in [-0.15, -0.1) is 11.8 Å². The molecule has 3 aromatic rings. The minimum absolute atomic E-state index is 0.0864. The lowest BCUT2D eigenvalue weighted by molar-refractivity contribution is 0.102. The molecule has 0 saturated carbocycles.